The van der Waals surface area contributed by atoms with Crippen LogP contribution in [0.2, 0.25) is 5.02 Å². The van der Waals surface area contributed by atoms with E-state index in [9.17, 15) is 14.0 Å². The first kappa shape index (κ1) is 20.6. The molecule has 1 amide bonds. The van der Waals surface area contributed by atoms with E-state index < -0.39 is 11.8 Å². The van der Waals surface area contributed by atoms with Gasteiger partial charge >= 0.3 is 5.97 Å². The fourth-order valence-corrected chi connectivity index (χ4v) is 4.61. The van der Waals surface area contributed by atoms with Gasteiger partial charge in [0.1, 0.15) is 16.4 Å². The van der Waals surface area contributed by atoms with Crippen LogP contribution in [-0.4, -0.2) is 36.5 Å². The lowest BCUT2D eigenvalue weighted by Crippen LogP contribution is -2.36. The number of esters is 1. The van der Waals surface area contributed by atoms with E-state index in [0.717, 1.165) is 35.5 Å². The summed E-state index contributed by atoms with van der Waals surface area (Å²) < 4.78 is 24.4. The molecule has 0 bridgehead atoms. The number of ether oxygens (including phenoxy) is 2. The Balaban J connectivity index is 1.42. The molecule has 1 aliphatic rings. The summed E-state index contributed by atoms with van der Waals surface area (Å²) in [6.45, 7) is 0.0678. The fraction of sp³-hybridized carbons (Fsp3) is 0.273. The Morgan fingerprint density at radius 1 is 1.20 bits per heavy atom. The molecule has 1 heterocycles. The van der Waals surface area contributed by atoms with Gasteiger partial charge in [0.05, 0.1) is 12.1 Å². The molecule has 3 aromatic rings. The molecule has 0 N–H and O–H groups in total. The molecule has 30 heavy (non-hydrogen) atoms. The van der Waals surface area contributed by atoms with Gasteiger partial charge in [-0.05, 0) is 48.7 Å². The van der Waals surface area contributed by atoms with Gasteiger partial charge in [-0.1, -0.05) is 23.7 Å². The van der Waals surface area contributed by atoms with Gasteiger partial charge in [-0.3, -0.25) is 4.79 Å². The molecule has 8 heteroatoms. The van der Waals surface area contributed by atoms with E-state index in [4.69, 9.17) is 21.1 Å². The highest BCUT2D eigenvalue weighted by Gasteiger charge is 2.33. The number of carbonyl (C=O) groups excluding carboxylic acids is 2. The van der Waals surface area contributed by atoms with Crippen molar-refractivity contribution >= 4 is 44.9 Å². The number of halogens is 2. The van der Waals surface area contributed by atoms with Crippen LogP contribution in [0.1, 0.15) is 28.1 Å². The molecule has 156 valence electrons. The lowest BCUT2D eigenvalue weighted by molar-refractivity contribution is -0.135. The minimum atomic E-state index is -0.685. The van der Waals surface area contributed by atoms with Crippen LogP contribution in [0.5, 0.6) is 5.75 Å². The summed E-state index contributed by atoms with van der Waals surface area (Å²) in [5, 5.41) is 0.796. The zero-order chi connectivity index (χ0) is 21.3. The number of benzene rings is 2. The van der Waals surface area contributed by atoms with Gasteiger partial charge in [0, 0.05) is 22.7 Å². The predicted octanol–water partition coefficient (Wildman–Crippen LogP) is 5.05. The van der Waals surface area contributed by atoms with Crippen molar-refractivity contribution < 1.29 is 23.5 Å². The Labute approximate surface area is 182 Å². The van der Waals surface area contributed by atoms with Crippen molar-refractivity contribution in [1.29, 1.82) is 0 Å². The zero-order valence-corrected chi connectivity index (χ0v) is 17.8. The number of rotatable bonds is 7. The first-order valence-electron chi connectivity index (χ1n) is 9.43. The Morgan fingerprint density at radius 3 is 2.60 bits per heavy atom. The first-order chi connectivity index (χ1) is 14.5. The number of hydrogen-bond donors (Lipinski definition) is 0. The van der Waals surface area contributed by atoms with E-state index in [0.29, 0.717) is 16.6 Å². The zero-order valence-electron chi connectivity index (χ0n) is 16.2. The van der Waals surface area contributed by atoms with Gasteiger partial charge in [-0.25, -0.2) is 9.18 Å². The van der Waals surface area contributed by atoms with Crippen LogP contribution in [0, 0.1) is 5.82 Å². The van der Waals surface area contributed by atoms with E-state index in [2.05, 4.69) is 0 Å². The maximum atomic E-state index is 13.4. The Kier molecular flexibility index (Phi) is 5.92. The highest BCUT2D eigenvalue weighted by Crippen LogP contribution is 2.36. The third-order valence-corrected chi connectivity index (χ3v) is 6.56. The van der Waals surface area contributed by atoms with Gasteiger partial charge in [0.25, 0.3) is 5.91 Å². The molecule has 5 nitrogen and oxygen atoms in total. The van der Waals surface area contributed by atoms with Crippen molar-refractivity contribution in [1.82, 2.24) is 4.90 Å². The van der Waals surface area contributed by atoms with Crippen molar-refractivity contribution in [3.63, 3.8) is 0 Å². The molecule has 1 fully saturated rings. The number of methoxy groups -OCH3 is 1. The molecule has 0 spiro atoms. The average molecular weight is 448 g/mol. The first-order valence-corrected chi connectivity index (χ1v) is 10.6. The summed E-state index contributed by atoms with van der Waals surface area (Å²) in [5.41, 5.74) is 0.969. The molecular weight excluding hydrogens is 429 g/mol. The fourth-order valence-electron chi connectivity index (χ4n) is 3.18. The maximum Gasteiger partial charge on any atom is 0.350 e. The number of nitrogens with zero attached hydrogens (tertiary/aromatic N) is 1. The topological polar surface area (TPSA) is 55.8 Å². The third-order valence-electron chi connectivity index (χ3n) is 4.92. The van der Waals surface area contributed by atoms with Gasteiger partial charge in [0.15, 0.2) is 6.61 Å². The minimum absolute atomic E-state index is 0.161. The van der Waals surface area contributed by atoms with E-state index in [-0.39, 0.29) is 28.5 Å². The molecule has 1 aliphatic carbocycles. The Bertz CT molecular complexity index is 1090. The molecule has 0 unspecified atom stereocenters. The van der Waals surface area contributed by atoms with Crippen molar-refractivity contribution in [2.75, 3.05) is 13.7 Å². The molecule has 0 saturated heterocycles. The molecule has 0 radical (unpaired) electrons. The van der Waals surface area contributed by atoms with Crippen molar-refractivity contribution in [3.05, 3.63) is 63.7 Å². The lowest BCUT2D eigenvalue weighted by Gasteiger charge is -2.22. The van der Waals surface area contributed by atoms with Crippen LogP contribution >= 0.6 is 22.9 Å². The van der Waals surface area contributed by atoms with Crippen LogP contribution in [0.3, 0.4) is 0 Å². The monoisotopic (exact) mass is 447 g/mol. The Morgan fingerprint density at radius 2 is 1.93 bits per heavy atom. The molecule has 4 rings (SSSR count). The highest BCUT2D eigenvalue weighted by atomic mass is 35.5. The quantitative estimate of drug-likeness (QED) is 0.475. The number of hydrogen-bond acceptors (Lipinski definition) is 5. The number of thiophene rings is 1. The summed E-state index contributed by atoms with van der Waals surface area (Å²) in [5.74, 6) is -0.605. The molecule has 1 saturated carbocycles. The van der Waals surface area contributed by atoms with Gasteiger partial charge in [-0.15, -0.1) is 11.3 Å². The van der Waals surface area contributed by atoms with E-state index in [1.165, 1.54) is 18.2 Å². The summed E-state index contributed by atoms with van der Waals surface area (Å²) in [7, 11) is 1.60. The third kappa shape index (κ3) is 4.42. The second-order valence-corrected chi connectivity index (χ2v) is 8.49. The lowest BCUT2D eigenvalue weighted by atomic mass is 10.2. The summed E-state index contributed by atoms with van der Waals surface area (Å²) in [6, 6.07) is 11.8. The van der Waals surface area contributed by atoms with Gasteiger partial charge in [-0.2, -0.15) is 0 Å². The van der Waals surface area contributed by atoms with Crippen molar-refractivity contribution in [2.24, 2.45) is 0 Å². The predicted molar refractivity (Wildman–Crippen MR) is 114 cm³/mol. The van der Waals surface area contributed by atoms with Crippen molar-refractivity contribution in [2.45, 2.75) is 25.4 Å². The van der Waals surface area contributed by atoms with Crippen LogP contribution < -0.4 is 4.74 Å². The van der Waals surface area contributed by atoms with Crippen molar-refractivity contribution in [3.8, 4) is 5.75 Å². The number of carbonyl (C=O) groups is 2. The second-order valence-electron chi connectivity index (χ2n) is 7.06. The minimum Gasteiger partial charge on any atom is -0.497 e. The summed E-state index contributed by atoms with van der Waals surface area (Å²) in [6.07, 6.45) is 1.87. The largest absolute Gasteiger partial charge is 0.497 e. The summed E-state index contributed by atoms with van der Waals surface area (Å²) in [4.78, 5) is 27.1. The molecule has 0 aliphatic heterocycles. The van der Waals surface area contributed by atoms with Crippen LogP contribution in [0.15, 0.2) is 42.5 Å². The second kappa shape index (κ2) is 8.62. The molecule has 1 aromatic heterocycles. The standard InChI is InChI=1S/C22H19ClFNO4S/c1-28-16-7-2-13(3-8-16)11-25(15-5-6-15)19(26)12-29-22(27)21-20(23)17-9-4-14(24)10-18(17)30-21/h2-4,7-10,15H,5-6,11-12H2,1H3. The van der Waals surface area contributed by atoms with E-state index in [1.807, 2.05) is 24.3 Å². The van der Waals surface area contributed by atoms with Gasteiger partial charge in [0.2, 0.25) is 0 Å². The SMILES string of the molecule is COc1ccc(CN(C(=O)COC(=O)c2sc3cc(F)ccc3c2Cl)C2CC2)cc1. The van der Waals surface area contributed by atoms with E-state index >= 15 is 0 Å². The average Bonchev–Trinajstić information content (AvgIpc) is 3.54. The Hall–Kier alpha value is -2.64. The highest BCUT2D eigenvalue weighted by molar-refractivity contribution is 7.21. The normalized spacial score (nSPS) is 13.3. The van der Waals surface area contributed by atoms with Crippen LogP contribution in [-0.2, 0) is 16.1 Å². The molecule has 2 aromatic carbocycles. The van der Waals surface area contributed by atoms with Crippen LogP contribution in [0.4, 0.5) is 4.39 Å². The maximum absolute atomic E-state index is 13.4. The van der Waals surface area contributed by atoms with E-state index in [1.54, 1.807) is 12.0 Å². The van der Waals surface area contributed by atoms with Crippen LogP contribution in [0.25, 0.3) is 10.1 Å². The molecular formula is C22H19ClFNO4S. The number of amides is 1. The molecule has 0 atom stereocenters. The summed E-state index contributed by atoms with van der Waals surface area (Å²) >= 11 is 7.30. The van der Waals surface area contributed by atoms with Gasteiger partial charge < -0.3 is 14.4 Å². The number of fused-ring (bicyclic) bond motifs is 1. The smallest absolute Gasteiger partial charge is 0.350 e.